The Hall–Kier alpha value is -1.59. The summed E-state index contributed by atoms with van der Waals surface area (Å²) in [5.74, 6) is 0. The van der Waals surface area contributed by atoms with Crippen LogP contribution < -0.4 is 10.6 Å². The molecule has 2 unspecified atom stereocenters. The number of aliphatic hydroxyl groups is 1. The number of benzene rings is 1. The lowest BCUT2D eigenvalue weighted by Crippen LogP contribution is -2.52. The Morgan fingerprint density at radius 3 is 2.87 bits per heavy atom. The van der Waals surface area contributed by atoms with Gasteiger partial charge in [-0.25, -0.2) is 4.79 Å². The number of aliphatic hydroxyl groups excluding tert-OH is 1. The van der Waals surface area contributed by atoms with E-state index in [1.54, 1.807) is 0 Å². The largest absolute Gasteiger partial charge is 0.396 e. The summed E-state index contributed by atoms with van der Waals surface area (Å²) in [6.07, 6.45) is 3.56. The second-order valence-electron chi connectivity index (χ2n) is 6.30. The lowest BCUT2D eigenvalue weighted by Gasteiger charge is -2.33. The van der Waals surface area contributed by atoms with Crippen LogP contribution in [-0.2, 0) is 6.54 Å². The molecule has 3 N–H and O–H groups in total. The molecule has 1 fully saturated rings. The van der Waals surface area contributed by atoms with Gasteiger partial charge in [0.05, 0.1) is 0 Å². The molecule has 0 aromatic heterocycles. The first-order valence-electron chi connectivity index (χ1n) is 8.65. The first-order valence-corrected chi connectivity index (χ1v) is 8.65. The minimum atomic E-state index is -0.114. The third-order valence-corrected chi connectivity index (χ3v) is 4.40. The van der Waals surface area contributed by atoms with Crippen LogP contribution in [-0.4, -0.2) is 47.8 Å². The molecule has 1 saturated heterocycles. The first-order chi connectivity index (χ1) is 11.2. The van der Waals surface area contributed by atoms with Gasteiger partial charge in [-0.05, 0) is 37.8 Å². The number of nitrogens with zero attached hydrogens (tertiary/aromatic N) is 1. The third kappa shape index (κ3) is 6.20. The maximum absolute atomic E-state index is 12.1. The van der Waals surface area contributed by atoms with E-state index in [-0.39, 0.29) is 24.7 Å². The number of piperidine rings is 1. The molecule has 1 heterocycles. The Morgan fingerprint density at radius 1 is 1.39 bits per heavy atom. The zero-order valence-electron chi connectivity index (χ0n) is 14.0. The van der Waals surface area contributed by atoms with Crippen molar-refractivity contribution in [3.05, 3.63) is 35.9 Å². The second-order valence-corrected chi connectivity index (χ2v) is 6.30. The number of hydrogen-bond donors (Lipinski definition) is 3. The van der Waals surface area contributed by atoms with Gasteiger partial charge in [0.2, 0.25) is 0 Å². The molecule has 0 saturated carbocycles. The van der Waals surface area contributed by atoms with Crippen molar-refractivity contribution in [1.82, 2.24) is 15.5 Å². The number of nitrogens with one attached hydrogen (secondary N) is 2. The van der Waals surface area contributed by atoms with E-state index in [2.05, 4.69) is 39.8 Å². The van der Waals surface area contributed by atoms with E-state index in [4.69, 9.17) is 5.11 Å². The van der Waals surface area contributed by atoms with E-state index in [1.807, 2.05) is 13.0 Å². The highest BCUT2D eigenvalue weighted by atomic mass is 16.3. The number of urea groups is 1. The molecule has 2 amide bonds. The van der Waals surface area contributed by atoms with Crippen LogP contribution in [0.25, 0.3) is 0 Å². The lowest BCUT2D eigenvalue weighted by molar-refractivity contribution is 0.178. The van der Waals surface area contributed by atoms with Crippen LogP contribution in [0.1, 0.15) is 38.2 Å². The number of amides is 2. The van der Waals surface area contributed by atoms with Gasteiger partial charge < -0.3 is 15.7 Å². The minimum absolute atomic E-state index is 0.0454. The Labute approximate surface area is 139 Å². The van der Waals surface area contributed by atoms with Crippen molar-refractivity contribution in [3.63, 3.8) is 0 Å². The summed E-state index contributed by atoms with van der Waals surface area (Å²) in [5.41, 5.74) is 1.31. The number of hydrogen-bond acceptors (Lipinski definition) is 3. The summed E-state index contributed by atoms with van der Waals surface area (Å²) in [6.45, 7) is 5.02. The summed E-state index contributed by atoms with van der Waals surface area (Å²) < 4.78 is 0. The Balaban J connectivity index is 1.78. The van der Waals surface area contributed by atoms with Crippen molar-refractivity contribution in [2.45, 2.75) is 51.2 Å². The van der Waals surface area contributed by atoms with Gasteiger partial charge in [-0.1, -0.05) is 37.3 Å². The number of rotatable bonds is 7. The summed E-state index contributed by atoms with van der Waals surface area (Å²) in [4.78, 5) is 14.5. The van der Waals surface area contributed by atoms with Gasteiger partial charge in [0.1, 0.15) is 0 Å². The van der Waals surface area contributed by atoms with Crippen LogP contribution in [0.2, 0.25) is 0 Å². The standard InChI is InChI=1S/C18H29N3O2/c1-2-16(10-12-22)19-18(23)20-17-9-6-11-21(14-17)13-15-7-4-3-5-8-15/h3-5,7-8,16-17,22H,2,6,9-14H2,1H3,(H2,19,20,23). The Morgan fingerprint density at radius 2 is 2.17 bits per heavy atom. The average Bonchev–Trinajstić information content (AvgIpc) is 2.55. The van der Waals surface area contributed by atoms with E-state index in [0.29, 0.717) is 6.42 Å². The van der Waals surface area contributed by atoms with Gasteiger partial charge in [-0.3, -0.25) is 4.90 Å². The van der Waals surface area contributed by atoms with Crippen molar-refractivity contribution in [2.75, 3.05) is 19.7 Å². The molecule has 128 valence electrons. The fraction of sp³-hybridized carbons (Fsp3) is 0.611. The van der Waals surface area contributed by atoms with Crippen LogP contribution in [0.3, 0.4) is 0 Å². The molecule has 23 heavy (non-hydrogen) atoms. The minimum Gasteiger partial charge on any atom is -0.396 e. The maximum atomic E-state index is 12.1. The van der Waals surface area contributed by atoms with Crippen molar-refractivity contribution < 1.29 is 9.90 Å². The first kappa shape index (κ1) is 17.8. The van der Waals surface area contributed by atoms with Gasteiger partial charge in [0.15, 0.2) is 0 Å². The fourth-order valence-corrected chi connectivity index (χ4v) is 3.11. The molecule has 0 aliphatic carbocycles. The molecule has 5 heteroatoms. The summed E-state index contributed by atoms with van der Waals surface area (Å²) in [7, 11) is 0. The molecule has 0 radical (unpaired) electrons. The Bertz CT molecular complexity index is 467. The smallest absolute Gasteiger partial charge is 0.315 e. The lowest BCUT2D eigenvalue weighted by atomic mass is 10.0. The van der Waals surface area contributed by atoms with Gasteiger partial charge in [0.25, 0.3) is 0 Å². The van der Waals surface area contributed by atoms with E-state index in [1.165, 1.54) is 5.56 Å². The van der Waals surface area contributed by atoms with E-state index in [9.17, 15) is 4.79 Å². The number of carbonyl (C=O) groups is 1. The van der Waals surface area contributed by atoms with Gasteiger partial charge >= 0.3 is 6.03 Å². The number of likely N-dealkylation sites (tertiary alicyclic amines) is 1. The van der Waals surface area contributed by atoms with Crippen LogP contribution in [0.5, 0.6) is 0 Å². The molecule has 1 aliphatic rings. The monoisotopic (exact) mass is 319 g/mol. The average molecular weight is 319 g/mol. The van der Waals surface area contributed by atoms with E-state index in [0.717, 1.165) is 38.9 Å². The topological polar surface area (TPSA) is 64.6 Å². The van der Waals surface area contributed by atoms with Crippen LogP contribution in [0, 0.1) is 0 Å². The molecule has 5 nitrogen and oxygen atoms in total. The molecule has 1 aromatic rings. The van der Waals surface area contributed by atoms with Crippen LogP contribution in [0.15, 0.2) is 30.3 Å². The number of carbonyl (C=O) groups excluding carboxylic acids is 1. The quantitative estimate of drug-likeness (QED) is 0.721. The third-order valence-electron chi connectivity index (χ3n) is 4.40. The molecule has 1 aromatic carbocycles. The molecular formula is C18H29N3O2. The molecule has 2 rings (SSSR count). The van der Waals surface area contributed by atoms with Crippen LogP contribution >= 0.6 is 0 Å². The summed E-state index contributed by atoms with van der Waals surface area (Å²) >= 11 is 0. The highest BCUT2D eigenvalue weighted by molar-refractivity contribution is 5.74. The predicted octanol–water partition coefficient (Wildman–Crippen LogP) is 2.11. The van der Waals surface area contributed by atoms with Gasteiger partial charge in [0, 0.05) is 31.8 Å². The SMILES string of the molecule is CCC(CCO)NC(=O)NC1CCCN(Cc2ccccc2)C1. The second kappa shape index (κ2) is 9.53. The highest BCUT2D eigenvalue weighted by Gasteiger charge is 2.22. The van der Waals surface area contributed by atoms with Gasteiger partial charge in [-0.2, -0.15) is 0 Å². The van der Waals surface area contributed by atoms with Crippen molar-refractivity contribution >= 4 is 6.03 Å². The van der Waals surface area contributed by atoms with E-state index >= 15 is 0 Å². The zero-order chi connectivity index (χ0) is 16.5. The molecular weight excluding hydrogens is 290 g/mol. The maximum Gasteiger partial charge on any atom is 0.315 e. The summed E-state index contributed by atoms with van der Waals surface area (Å²) in [6, 6.07) is 10.6. The van der Waals surface area contributed by atoms with Crippen molar-refractivity contribution in [2.24, 2.45) is 0 Å². The zero-order valence-corrected chi connectivity index (χ0v) is 14.0. The fourth-order valence-electron chi connectivity index (χ4n) is 3.11. The van der Waals surface area contributed by atoms with E-state index < -0.39 is 0 Å². The Kier molecular flexibility index (Phi) is 7.36. The molecule has 0 bridgehead atoms. The van der Waals surface area contributed by atoms with Crippen molar-refractivity contribution in [1.29, 1.82) is 0 Å². The molecule has 1 aliphatic heterocycles. The van der Waals surface area contributed by atoms with Gasteiger partial charge in [-0.15, -0.1) is 0 Å². The highest BCUT2D eigenvalue weighted by Crippen LogP contribution is 2.13. The van der Waals surface area contributed by atoms with Crippen LogP contribution in [0.4, 0.5) is 4.79 Å². The molecule has 0 spiro atoms. The molecule has 2 atom stereocenters. The normalized spacial score (nSPS) is 20.0. The predicted molar refractivity (Wildman–Crippen MR) is 92.2 cm³/mol. The van der Waals surface area contributed by atoms with Crippen molar-refractivity contribution in [3.8, 4) is 0 Å². The summed E-state index contributed by atoms with van der Waals surface area (Å²) in [5, 5.41) is 15.0.